The van der Waals surface area contributed by atoms with Crippen LogP contribution in [0.4, 0.5) is 0 Å². The van der Waals surface area contributed by atoms with Crippen molar-refractivity contribution in [1.29, 1.82) is 0 Å². The zero-order valence-corrected chi connectivity index (χ0v) is 13.9. The van der Waals surface area contributed by atoms with E-state index in [0.717, 1.165) is 11.0 Å². The average Bonchev–Trinajstić information content (AvgIpc) is 2.32. The Morgan fingerprint density at radius 3 is 1.95 bits per heavy atom. The molecule has 0 saturated heterocycles. The molecule has 2 unspecified atom stereocenters. The first-order valence-corrected chi connectivity index (χ1v) is 7.58. The molecule has 0 aromatic rings. The number of carboxylic acids is 2. The van der Waals surface area contributed by atoms with Crippen LogP contribution in [0.5, 0.6) is 0 Å². The van der Waals surface area contributed by atoms with Crippen LogP contribution in [0.3, 0.4) is 0 Å². The van der Waals surface area contributed by atoms with Crippen molar-refractivity contribution in [2.24, 2.45) is 5.73 Å². The van der Waals surface area contributed by atoms with Crippen molar-refractivity contribution in [1.82, 2.24) is 5.32 Å². The van der Waals surface area contributed by atoms with Crippen molar-refractivity contribution >= 4 is 23.7 Å². The van der Waals surface area contributed by atoms with Gasteiger partial charge in [-0.2, -0.15) is 11.8 Å². The molecule has 0 saturated carbocycles. The number of aliphatic carboxylic acids is 2. The van der Waals surface area contributed by atoms with E-state index in [1.54, 1.807) is 0 Å². The van der Waals surface area contributed by atoms with E-state index in [1.807, 2.05) is 0 Å². The first kappa shape index (κ1) is 22.4. The lowest BCUT2D eigenvalue weighted by Gasteiger charge is -2.21. The first-order valence-electron chi connectivity index (χ1n) is 6.42. The van der Waals surface area contributed by atoms with Crippen molar-refractivity contribution in [2.75, 3.05) is 52.8 Å². The molecule has 2 atom stereocenters. The van der Waals surface area contributed by atoms with Gasteiger partial charge in [0.15, 0.2) is 0 Å². The number of rotatable bonds is 9. The molecule has 0 aliphatic rings. The van der Waals surface area contributed by atoms with Gasteiger partial charge in [-0.3, -0.25) is 9.59 Å². The van der Waals surface area contributed by atoms with Crippen LogP contribution in [-0.4, -0.2) is 96.7 Å². The van der Waals surface area contributed by atoms with E-state index >= 15 is 0 Å². The van der Waals surface area contributed by atoms with Gasteiger partial charge in [0, 0.05) is 11.5 Å². The fourth-order valence-electron chi connectivity index (χ4n) is 0.962. The van der Waals surface area contributed by atoms with E-state index in [4.69, 9.17) is 21.1 Å². The van der Waals surface area contributed by atoms with Crippen molar-refractivity contribution in [2.45, 2.75) is 12.1 Å². The van der Waals surface area contributed by atoms with Gasteiger partial charge in [-0.15, -0.1) is 0 Å². The average molecular weight is 326 g/mol. The fourth-order valence-corrected chi connectivity index (χ4v) is 2.04. The lowest BCUT2D eigenvalue weighted by atomic mass is 10.3. The minimum absolute atomic E-state index is 0.209. The molecule has 21 heavy (non-hydrogen) atoms. The highest BCUT2D eigenvalue weighted by Gasteiger charge is 2.17. The minimum Gasteiger partial charge on any atom is -0.480 e. The number of aliphatic hydroxyl groups is 1. The van der Waals surface area contributed by atoms with E-state index in [1.165, 1.54) is 18.8 Å². The van der Waals surface area contributed by atoms with Crippen LogP contribution < -0.4 is 11.1 Å². The topological polar surface area (TPSA) is 133 Å². The molecule has 0 amide bonds. The molecule has 0 rings (SSSR count). The number of hydrogen-bond acceptors (Lipinski definition) is 6. The molecular formula is C12H28N3O5S+. The molecule has 0 radical (unpaired) electrons. The number of carbonyl (C=O) groups is 2. The highest BCUT2D eigenvalue weighted by atomic mass is 32.2. The summed E-state index contributed by atoms with van der Waals surface area (Å²) < 4.78 is 0.844. The summed E-state index contributed by atoms with van der Waals surface area (Å²) in [5.74, 6) is -1.52. The van der Waals surface area contributed by atoms with E-state index in [9.17, 15) is 9.59 Å². The van der Waals surface area contributed by atoms with Gasteiger partial charge < -0.3 is 30.9 Å². The number of nitrogens with one attached hydrogen (secondary N) is 1. The van der Waals surface area contributed by atoms with Gasteiger partial charge in [0.25, 0.3) is 0 Å². The molecule has 0 fully saturated rings. The van der Waals surface area contributed by atoms with Crippen molar-refractivity contribution in [3.8, 4) is 0 Å². The van der Waals surface area contributed by atoms with Crippen LogP contribution in [0.25, 0.3) is 0 Å². The number of likely N-dealkylation sites (N-methyl/N-ethyl adjacent to an activating group) is 2. The third-order valence-electron chi connectivity index (χ3n) is 2.32. The third-order valence-corrected chi connectivity index (χ3v) is 3.48. The Morgan fingerprint density at radius 2 is 1.71 bits per heavy atom. The highest BCUT2D eigenvalue weighted by Crippen LogP contribution is 2.04. The molecule has 126 valence electrons. The predicted molar refractivity (Wildman–Crippen MR) is 83.4 cm³/mol. The van der Waals surface area contributed by atoms with E-state index in [2.05, 4.69) is 26.5 Å². The monoisotopic (exact) mass is 326 g/mol. The summed E-state index contributed by atoms with van der Waals surface area (Å²) in [7, 11) is 7.69. The van der Waals surface area contributed by atoms with Crippen molar-refractivity contribution in [3.63, 3.8) is 0 Å². The predicted octanol–water partition coefficient (Wildman–Crippen LogP) is -1.51. The second-order valence-corrected chi connectivity index (χ2v) is 6.47. The van der Waals surface area contributed by atoms with Gasteiger partial charge in [-0.05, 0) is 7.05 Å². The second-order valence-electron chi connectivity index (χ2n) is 5.40. The van der Waals surface area contributed by atoms with Crippen LogP contribution >= 0.6 is 11.8 Å². The van der Waals surface area contributed by atoms with Gasteiger partial charge in [0.05, 0.1) is 27.7 Å². The second kappa shape index (κ2) is 11.8. The molecule has 8 nitrogen and oxygen atoms in total. The molecule has 9 heteroatoms. The maximum atomic E-state index is 10.5. The number of hydrogen-bond donors (Lipinski definition) is 5. The molecule has 0 aromatic heterocycles. The SMILES string of the molecule is CNC(CSCC(N)C(=O)O)C(=O)O.C[N+](C)(C)CCO. The standard InChI is InChI=1S/C7H14N2O4S.C5H14NO/c1-9-5(7(12)13)3-14-2-4(8)6(10)11;1-6(2,3)4-5-7/h4-5,9H,2-3,8H2,1H3,(H,10,11)(H,12,13);7H,4-5H2,1-3H3/q;+1. The molecule has 0 aliphatic heterocycles. The molecule has 0 aromatic carbocycles. The molecule has 0 aliphatic carbocycles. The summed E-state index contributed by atoms with van der Waals surface area (Å²) in [6, 6.07) is -1.60. The lowest BCUT2D eigenvalue weighted by molar-refractivity contribution is -0.870. The number of carboxylic acid groups (broad SMARTS) is 2. The lowest BCUT2D eigenvalue weighted by Crippen LogP contribution is -2.38. The fraction of sp³-hybridized carbons (Fsp3) is 0.833. The van der Waals surface area contributed by atoms with Crippen LogP contribution in [0.15, 0.2) is 0 Å². The highest BCUT2D eigenvalue weighted by molar-refractivity contribution is 7.99. The molecular weight excluding hydrogens is 298 g/mol. The van der Waals surface area contributed by atoms with E-state index in [0.29, 0.717) is 5.75 Å². The van der Waals surface area contributed by atoms with E-state index in [-0.39, 0.29) is 12.4 Å². The number of nitrogens with zero attached hydrogens (tertiary/aromatic N) is 1. The van der Waals surface area contributed by atoms with Gasteiger partial charge in [-0.1, -0.05) is 0 Å². The summed E-state index contributed by atoms with van der Waals surface area (Å²) in [5.41, 5.74) is 5.23. The van der Waals surface area contributed by atoms with Gasteiger partial charge in [-0.25, -0.2) is 0 Å². The quantitative estimate of drug-likeness (QED) is 0.323. The normalized spacial score (nSPS) is 13.8. The summed E-state index contributed by atoms with van der Waals surface area (Å²) in [5, 5.41) is 28.0. The molecule has 6 N–H and O–H groups in total. The maximum absolute atomic E-state index is 10.5. The summed E-state index contributed by atoms with van der Waals surface area (Å²) >= 11 is 1.20. The largest absolute Gasteiger partial charge is 0.480 e. The Morgan fingerprint density at radius 1 is 1.19 bits per heavy atom. The van der Waals surface area contributed by atoms with Crippen LogP contribution in [-0.2, 0) is 9.59 Å². The van der Waals surface area contributed by atoms with Crippen molar-refractivity contribution < 1.29 is 29.4 Å². The Hall–Kier alpha value is -0.870. The van der Waals surface area contributed by atoms with E-state index < -0.39 is 24.0 Å². The summed E-state index contributed by atoms with van der Waals surface area (Å²) in [6.07, 6.45) is 0. The first-order chi connectivity index (χ1) is 9.55. The Kier molecular flexibility index (Phi) is 12.5. The molecule has 0 bridgehead atoms. The number of thioether (sulfide) groups is 1. The number of nitrogens with two attached hydrogens (primary N) is 1. The van der Waals surface area contributed by atoms with Crippen LogP contribution in [0, 0.1) is 0 Å². The summed E-state index contributed by atoms with van der Waals surface area (Å²) in [6.45, 7) is 1.11. The molecule has 0 spiro atoms. The maximum Gasteiger partial charge on any atom is 0.321 e. The van der Waals surface area contributed by atoms with Gasteiger partial charge in [0.2, 0.25) is 0 Å². The molecule has 0 heterocycles. The minimum atomic E-state index is -1.08. The van der Waals surface area contributed by atoms with Gasteiger partial charge in [0.1, 0.15) is 18.6 Å². The Labute approximate surface area is 129 Å². The summed E-state index contributed by atoms with van der Waals surface area (Å²) in [4.78, 5) is 20.8. The number of aliphatic hydroxyl groups excluding tert-OH is 1. The third kappa shape index (κ3) is 15.3. The van der Waals surface area contributed by atoms with Crippen LogP contribution in [0.2, 0.25) is 0 Å². The zero-order valence-electron chi connectivity index (χ0n) is 13.1. The Bertz CT molecular complexity index is 310. The van der Waals surface area contributed by atoms with Gasteiger partial charge >= 0.3 is 11.9 Å². The van der Waals surface area contributed by atoms with Crippen molar-refractivity contribution in [3.05, 3.63) is 0 Å². The Balaban J connectivity index is 0. The number of quaternary nitrogens is 1. The zero-order chi connectivity index (χ0) is 17.1. The van der Waals surface area contributed by atoms with Crippen LogP contribution in [0.1, 0.15) is 0 Å². The smallest absolute Gasteiger partial charge is 0.321 e.